The molecule has 0 radical (unpaired) electrons. The SMILES string of the molecule is C[C@@]1(c2ccc3c(c2)OCCO3)NC(=O)N(CC(=O)N2CCc3ccccc32)C1=O. The molecule has 3 aliphatic rings. The van der Waals surface area contributed by atoms with Crippen molar-refractivity contribution < 1.29 is 23.9 Å². The predicted molar refractivity (Wildman–Crippen MR) is 108 cm³/mol. The van der Waals surface area contributed by atoms with E-state index in [9.17, 15) is 14.4 Å². The van der Waals surface area contributed by atoms with E-state index in [0.29, 0.717) is 36.8 Å². The number of benzene rings is 2. The smallest absolute Gasteiger partial charge is 0.325 e. The van der Waals surface area contributed by atoms with Crippen molar-refractivity contribution in [1.82, 2.24) is 10.2 Å². The minimum atomic E-state index is -1.28. The molecule has 0 unspecified atom stereocenters. The molecule has 154 valence electrons. The van der Waals surface area contributed by atoms with Gasteiger partial charge in [-0.2, -0.15) is 0 Å². The molecule has 3 heterocycles. The van der Waals surface area contributed by atoms with Crippen molar-refractivity contribution >= 4 is 23.5 Å². The van der Waals surface area contributed by atoms with E-state index in [1.54, 1.807) is 30.0 Å². The fourth-order valence-electron chi connectivity index (χ4n) is 4.21. The molecule has 8 nitrogen and oxygen atoms in total. The second-order valence-corrected chi connectivity index (χ2v) is 7.73. The number of amides is 4. The van der Waals surface area contributed by atoms with Crippen LogP contribution in [0.25, 0.3) is 0 Å². The molecular weight excluding hydrogens is 386 g/mol. The highest BCUT2D eigenvalue weighted by molar-refractivity contribution is 6.10. The minimum Gasteiger partial charge on any atom is -0.486 e. The molecule has 1 fully saturated rings. The number of fused-ring (bicyclic) bond motifs is 2. The molecule has 1 N–H and O–H groups in total. The van der Waals surface area contributed by atoms with Gasteiger partial charge in [0.2, 0.25) is 5.91 Å². The summed E-state index contributed by atoms with van der Waals surface area (Å²) in [5, 5.41) is 2.74. The molecule has 3 aliphatic heterocycles. The summed E-state index contributed by atoms with van der Waals surface area (Å²) in [4.78, 5) is 41.4. The van der Waals surface area contributed by atoms with Crippen molar-refractivity contribution in [2.45, 2.75) is 18.9 Å². The zero-order valence-corrected chi connectivity index (χ0v) is 16.5. The van der Waals surface area contributed by atoms with Crippen molar-refractivity contribution in [2.24, 2.45) is 0 Å². The van der Waals surface area contributed by atoms with Gasteiger partial charge in [0, 0.05) is 12.2 Å². The number of urea groups is 1. The highest BCUT2D eigenvalue weighted by Crippen LogP contribution is 2.37. The van der Waals surface area contributed by atoms with Crippen molar-refractivity contribution in [1.29, 1.82) is 0 Å². The number of hydrogen-bond acceptors (Lipinski definition) is 5. The van der Waals surface area contributed by atoms with Gasteiger partial charge in [-0.3, -0.25) is 14.5 Å². The van der Waals surface area contributed by atoms with Gasteiger partial charge in [-0.25, -0.2) is 4.79 Å². The van der Waals surface area contributed by atoms with Gasteiger partial charge in [-0.1, -0.05) is 24.3 Å². The van der Waals surface area contributed by atoms with Crippen molar-refractivity contribution in [3.05, 3.63) is 53.6 Å². The number of hydrogen-bond donors (Lipinski definition) is 1. The lowest BCUT2D eigenvalue weighted by atomic mass is 9.91. The Hall–Kier alpha value is -3.55. The van der Waals surface area contributed by atoms with Crippen LogP contribution in [-0.4, -0.2) is 49.0 Å². The minimum absolute atomic E-state index is 0.283. The standard InChI is InChI=1S/C22H21N3O5/c1-22(15-6-7-17-18(12-15)30-11-10-29-17)20(27)25(21(28)23-22)13-19(26)24-9-8-14-4-2-3-5-16(14)24/h2-7,12H,8-11,13H2,1H3,(H,23,28)/t22-/m0/s1. The zero-order valence-electron chi connectivity index (χ0n) is 16.5. The Kier molecular flexibility index (Phi) is 4.16. The number of carbonyl (C=O) groups excluding carboxylic acids is 3. The molecule has 0 bridgehead atoms. The molecule has 1 atom stereocenters. The number of para-hydroxylation sites is 1. The Balaban J connectivity index is 1.37. The van der Waals surface area contributed by atoms with Gasteiger partial charge in [0.15, 0.2) is 11.5 Å². The summed E-state index contributed by atoms with van der Waals surface area (Å²) in [6.07, 6.45) is 0.761. The summed E-state index contributed by atoms with van der Waals surface area (Å²) in [5.74, 6) is 0.384. The third kappa shape index (κ3) is 2.79. The van der Waals surface area contributed by atoms with E-state index in [2.05, 4.69) is 5.32 Å². The summed E-state index contributed by atoms with van der Waals surface area (Å²) < 4.78 is 11.1. The molecule has 1 saturated heterocycles. The Morgan fingerprint density at radius 1 is 1.10 bits per heavy atom. The van der Waals surface area contributed by atoms with Gasteiger partial charge in [0.05, 0.1) is 0 Å². The first kappa shape index (κ1) is 18.5. The lowest BCUT2D eigenvalue weighted by Crippen LogP contribution is -2.44. The van der Waals surface area contributed by atoms with Crippen LogP contribution in [0.5, 0.6) is 11.5 Å². The van der Waals surface area contributed by atoms with Crippen LogP contribution in [0.4, 0.5) is 10.5 Å². The van der Waals surface area contributed by atoms with Crippen LogP contribution in [-0.2, 0) is 21.5 Å². The molecule has 0 aromatic heterocycles. The number of rotatable bonds is 3. The highest BCUT2D eigenvalue weighted by Gasteiger charge is 2.50. The van der Waals surface area contributed by atoms with E-state index in [0.717, 1.165) is 22.6 Å². The Morgan fingerprint density at radius 2 is 1.87 bits per heavy atom. The fourth-order valence-corrected chi connectivity index (χ4v) is 4.21. The number of anilines is 1. The summed E-state index contributed by atoms with van der Waals surface area (Å²) in [5.41, 5.74) is 1.22. The Morgan fingerprint density at radius 3 is 2.70 bits per heavy atom. The molecule has 2 aromatic carbocycles. The lowest BCUT2D eigenvalue weighted by molar-refractivity contribution is -0.134. The van der Waals surface area contributed by atoms with Gasteiger partial charge in [-0.05, 0) is 42.7 Å². The van der Waals surface area contributed by atoms with Gasteiger partial charge in [0.1, 0.15) is 25.3 Å². The molecular formula is C22H21N3O5. The first-order valence-electron chi connectivity index (χ1n) is 9.90. The molecule has 4 amide bonds. The first-order valence-corrected chi connectivity index (χ1v) is 9.90. The average molecular weight is 407 g/mol. The number of ether oxygens (including phenoxy) is 2. The molecule has 30 heavy (non-hydrogen) atoms. The Labute approximate surface area is 173 Å². The topological polar surface area (TPSA) is 88.2 Å². The summed E-state index contributed by atoms with van der Waals surface area (Å²) in [6.45, 7) is 2.76. The zero-order chi connectivity index (χ0) is 20.9. The molecule has 5 rings (SSSR count). The normalized spacial score (nSPS) is 22.2. The van der Waals surface area contributed by atoms with E-state index in [4.69, 9.17) is 9.47 Å². The third-order valence-electron chi connectivity index (χ3n) is 5.88. The van der Waals surface area contributed by atoms with Gasteiger partial charge < -0.3 is 19.7 Å². The second-order valence-electron chi connectivity index (χ2n) is 7.73. The summed E-state index contributed by atoms with van der Waals surface area (Å²) in [7, 11) is 0. The fraction of sp³-hybridized carbons (Fsp3) is 0.318. The quantitative estimate of drug-likeness (QED) is 0.784. The lowest BCUT2D eigenvalue weighted by Gasteiger charge is -2.25. The summed E-state index contributed by atoms with van der Waals surface area (Å²) in [6, 6.07) is 12.2. The first-order chi connectivity index (χ1) is 14.5. The van der Waals surface area contributed by atoms with E-state index >= 15 is 0 Å². The highest BCUT2D eigenvalue weighted by atomic mass is 16.6. The predicted octanol–water partition coefficient (Wildman–Crippen LogP) is 1.81. The third-order valence-corrected chi connectivity index (χ3v) is 5.88. The molecule has 8 heteroatoms. The van der Waals surface area contributed by atoms with Crippen LogP contribution < -0.4 is 19.7 Å². The molecule has 0 aliphatic carbocycles. The second kappa shape index (κ2) is 6.76. The monoisotopic (exact) mass is 407 g/mol. The van der Waals surface area contributed by atoms with Crippen LogP contribution in [0.1, 0.15) is 18.1 Å². The number of nitrogens with zero attached hydrogens (tertiary/aromatic N) is 2. The van der Waals surface area contributed by atoms with Gasteiger partial charge in [0.25, 0.3) is 5.91 Å². The number of nitrogens with one attached hydrogen (secondary N) is 1. The maximum atomic E-state index is 13.2. The molecule has 0 spiro atoms. The van der Waals surface area contributed by atoms with Crippen LogP contribution in [0.2, 0.25) is 0 Å². The van der Waals surface area contributed by atoms with Crippen LogP contribution in [0.3, 0.4) is 0 Å². The molecule has 2 aromatic rings. The van der Waals surface area contributed by atoms with Crippen LogP contribution in [0, 0.1) is 0 Å². The Bertz CT molecular complexity index is 1070. The van der Waals surface area contributed by atoms with E-state index < -0.39 is 17.5 Å². The molecule has 0 saturated carbocycles. The van der Waals surface area contributed by atoms with E-state index in [1.165, 1.54) is 0 Å². The van der Waals surface area contributed by atoms with E-state index in [1.807, 2.05) is 24.3 Å². The van der Waals surface area contributed by atoms with E-state index in [-0.39, 0.29) is 12.5 Å². The van der Waals surface area contributed by atoms with Gasteiger partial charge >= 0.3 is 6.03 Å². The van der Waals surface area contributed by atoms with Crippen molar-refractivity contribution in [3.63, 3.8) is 0 Å². The largest absolute Gasteiger partial charge is 0.486 e. The van der Waals surface area contributed by atoms with Crippen molar-refractivity contribution in [3.8, 4) is 11.5 Å². The average Bonchev–Trinajstić information content (AvgIpc) is 3.28. The van der Waals surface area contributed by atoms with Crippen molar-refractivity contribution in [2.75, 3.05) is 31.2 Å². The van der Waals surface area contributed by atoms with Gasteiger partial charge in [-0.15, -0.1) is 0 Å². The van der Waals surface area contributed by atoms with Crippen LogP contribution >= 0.6 is 0 Å². The van der Waals surface area contributed by atoms with Crippen LogP contribution in [0.15, 0.2) is 42.5 Å². The number of imide groups is 1. The number of carbonyl (C=O) groups is 3. The maximum absolute atomic E-state index is 13.2. The maximum Gasteiger partial charge on any atom is 0.325 e. The summed E-state index contributed by atoms with van der Waals surface area (Å²) >= 11 is 0.